The Morgan fingerprint density at radius 3 is 2.25 bits per heavy atom. The van der Waals surface area contributed by atoms with Gasteiger partial charge < -0.3 is 10.5 Å². The molecule has 1 aromatic carbocycles. The molecule has 0 fully saturated rings. The quantitative estimate of drug-likeness (QED) is 0.877. The Kier molecular flexibility index (Phi) is 5.07. The molecule has 4 nitrogen and oxygen atoms in total. The Balaban J connectivity index is 1.99. The second-order valence-corrected chi connectivity index (χ2v) is 4.85. The van der Waals surface area contributed by atoms with Gasteiger partial charge in [0.25, 0.3) is 0 Å². The molecule has 0 aliphatic rings. The van der Waals surface area contributed by atoms with Gasteiger partial charge in [-0.15, -0.1) is 0 Å². The fraction of sp³-hybridized carbons (Fsp3) is 0.375. The van der Waals surface area contributed by atoms with Gasteiger partial charge in [-0.1, -0.05) is 26.0 Å². The van der Waals surface area contributed by atoms with Crippen LogP contribution in [0.25, 0.3) is 0 Å². The van der Waals surface area contributed by atoms with E-state index >= 15 is 0 Å². The molecule has 4 heteroatoms. The number of ether oxygens (including phenoxy) is 1. The molecule has 0 saturated heterocycles. The molecule has 0 aliphatic carbocycles. The van der Waals surface area contributed by atoms with Crippen molar-refractivity contribution in [3.63, 3.8) is 0 Å². The predicted molar refractivity (Wildman–Crippen MR) is 79.9 cm³/mol. The molecular weight excluding hydrogens is 250 g/mol. The average molecular weight is 271 g/mol. The summed E-state index contributed by atoms with van der Waals surface area (Å²) in [6, 6.07) is 8.48. The van der Waals surface area contributed by atoms with Crippen molar-refractivity contribution in [1.29, 1.82) is 0 Å². The largest absolute Gasteiger partial charge is 0.424 e. The van der Waals surface area contributed by atoms with Crippen molar-refractivity contribution in [3.05, 3.63) is 47.8 Å². The second-order valence-electron chi connectivity index (χ2n) is 4.85. The molecule has 0 aliphatic heterocycles. The van der Waals surface area contributed by atoms with Crippen LogP contribution in [0.15, 0.2) is 36.7 Å². The molecule has 20 heavy (non-hydrogen) atoms. The van der Waals surface area contributed by atoms with Gasteiger partial charge in [-0.2, -0.15) is 0 Å². The Morgan fingerprint density at radius 1 is 1.05 bits per heavy atom. The lowest BCUT2D eigenvalue weighted by atomic mass is 10.1. The van der Waals surface area contributed by atoms with Gasteiger partial charge in [0, 0.05) is 18.4 Å². The van der Waals surface area contributed by atoms with E-state index in [0.29, 0.717) is 6.01 Å². The number of rotatable bonds is 6. The van der Waals surface area contributed by atoms with Crippen molar-refractivity contribution in [1.82, 2.24) is 9.97 Å². The van der Waals surface area contributed by atoms with Crippen LogP contribution in [0.2, 0.25) is 0 Å². The summed E-state index contributed by atoms with van der Waals surface area (Å²) in [5.74, 6) is 0.750. The number of nitrogens with two attached hydrogens (primary N) is 1. The summed E-state index contributed by atoms with van der Waals surface area (Å²) in [5, 5.41) is 0. The van der Waals surface area contributed by atoms with Gasteiger partial charge in [0.2, 0.25) is 0 Å². The average Bonchev–Trinajstić information content (AvgIpc) is 2.50. The van der Waals surface area contributed by atoms with Crippen LogP contribution in [0.5, 0.6) is 11.8 Å². The lowest BCUT2D eigenvalue weighted by molar-refractivity contribution is 0.440. The first-order chi connectivity index (χ1) is 9.71. The Morgan fingerprint density at radius 2 is 1.70 bits per heavy atom. The van der Waals surface area contributed by atoms with E-state index < -0.39 is 0 Å². The summed E-state index contributed by atoms with van der Waals surface area (Å²) in [4.78, 5) is 8.43. The maximum atomic E-state index is 5.91. The summed E-state index contributed by atoms with van der Waals surface area (Å²) in [7, 11) is 0. The highest BCUT2D eigenvalue weighted by atomic mass is 16.5. The van der Waals surface area contributed by atoms with E-state index in [9.17, 15) is 0 Å². The minimum absolute atomic E-state index is 0.159. The molecule has 0 saturated carbocycles. The van der Waals surface area contributed by atoms with E-state index in [1.165, 1.54) is 5.56 Å². The lowest BCUT2D eigenvalue weighted by Crippen LogP contribution is -2.21. The van der Waals surface area contributed by atoms with Gasteiger partial charge in [0.15, 0.2) is 0 Å². The zero-order chi connectivity index (χ0) is 14.4. The van der Waals surface area contributed by atoms with Crippen molar-refractivity contribution >= 4 is 0 Å². The van der Waals surface area contributed by atoms with Crippen LogP contribution >= 0.6 is 0 Å². The molecule has 0 spiro atoms. The molecule has 0 amide bonds. The topological polar surface area (TPSA) is 61.0 Å². The van der Waals surface area contributed by atoms with Crippen LogP contribution in [0.3, 0.4) is 0 Å². The van der Waals surface area contributed by atoms with Crippen LogP contribution in [0, 0.1) is 0 Å². The first-order valence-electron chi connectivity index (χ1n) is 7.04. The summed E-state index contributed by atoms with van der Waals surface area (Å²) < 4.78 is 5.61. The number of aromatic nitrogens is 2. The van der Waals surface area contributed by atoms with Gasteiger partial charge >= 0.3 is 6.01 Å². The zero-order valence-corrected chi connectivity index (χ0v) is 12.0. The highest BCUT2D eigenvalue weighted by molar-refractivity contribution is 5.29. The fourth-order valence-electron chi connectivity index (χ4n) is 1.85. The third kappa shape index (κ3) is 4.03. The van der Waals surface area contributed by atoms with E-state index in [4.69, 9.17) is 10.5 Å². The van der Waals surface area contributed by atoms with Gasteiger partial charge in [-0.3, -0.25) is 0 Å². The van der Waals surface area contributed by atoms with Crippen LogP contribution in [0.4, 0.5) is 0 Å². The summed E-state index contributed by atoms with van der Waals surface area (Å²) >= 11 is 0. The zero-order valence-electron chi connectivity index (χ0n) is 12.0. The van der Waals surface area contributed by atoms with Gasteiger partial charge in [-0.25, -0.2) is 9.97 Å². The van der Waals surface area contributed by atoms with Crippen molar-refractivity contribution in [2.45, 2.75) is 39.2 Å². The number of nitrogens with zero attached hydrogens (tertiary/aromatic N) is 2. The molecule has 2 N–H and O–H groups in total. The maximum Gasteiger partial charge on any atom is 0.321 e. The van der Waals surface area contributed by atoms with Crippen LogP contribution < -0.4 is 10.5 Å². The number of hydrogen-bond donors (Lipinski definition) is 1. The Labute approximate surface area is 120 Å². The molecule has 0 bridgehead atoms. The SMILES string of the molecule is CCc1ccc(Oc2ncc(CC(N)CC)cn2)cc1. The first kappa shape index (κ1) is 14.5. The summed E-state index contributed by atoms with van der Waals surface area (Å²) in [5.41, 5.74) is 8.22. The van der Waals surface area contributed by atoms with E-state index in [0.717, 1.165) is 30.6 Å². The van der Waals surface area contributed by atoms with Gasteiger partial charge in [0.1, 0.15) is 5.75 Å². The third-order valence-electron chi connectivity index (χ3n) is 3.24. The minimum Gasteiger partial charge on any atom is -0.424 e. The van der Waals surface area contributed by atoms with Crippen LogP contribution in [0.1, 0.15) is 31.4 Å². The number of benzene rings is 1. The normalized spacial score (nSPS) is 12.2. The van der Waals surface area contributed by atoms with E-state index in [-0.39, 0.29) is 6.04 Å². The molecule has 2 rings (SSSR count). The van der Waals surface area contributed by atoms with E-state index in [2.05, 4.69) is 23.8 Å². The number of aryl methyl sites for hydroxylation is 1. The molecule has 106 valence electrons. The summed E-state index contributed by atoms with van der Waals surface area (Å²) in [6.07, 6.45) is 6.31. The van der Waals surface area contributed by atoms with Crippen molar-refractivity contribution in [3.8, 4) is 11.8 Å². The molecule has 2 aromatic rings. The highest BCUT2D eigenvalue weighted by Gasteiger charge is 2.04. The van der Waals surface area contributed by atoms with Crippen LogP contribution in [-0.4, -0.2) is 16.0 Å². The lowest BCUT2D eigenvalue weighted by Gasteiger charge is -2.08. The molecule has 0 radical (unpaired) electrons. The third-order valence-corrected chi connectivity index (χ3v) is 3.24. The standard InChI is InChI=1S/C16H21N3O/c1-3-12-5-7-15(8-6-12)20-16-18-10-13(11-19-16)9-14(17)4-2/h5-8,10-11,14H,3-4,9,17H2,1-2H3. The van der Waals surface area contributed by atoms with Crippen molar-refractivity contribution < 1.29 is 4.74 Å². The molecule has 1 unspecified atom stereocenters. The van der Waals surface area contributed by atoms with Gasteiger partial charge in [-0.05, 0) is 42.5 Å². The van der Waals surface area contributed by atoms with Crippen molar-refractivity contribution in [2.75, 3.05) is 0 Å². The molecule has 1 aromatic heterocycles. The van der Waals surface area contributed by atoms with E-state index in [1.54, 1.807) is 12.4 Å². The Hall–Kier alpha value is -1.94. The Bertz CT molecular complexity index is 522. The fourth-order valence-corrected chi connectivity index (χ4v) is 1.85. The number of hydrogen-bond acceptors (Lipinski definition) is 4. The van der Waals surface area contributed by atoms with Crippen LogP contribution in [-0.2, 0) is 12.8 Å². The predicted octanol–water partition coefficient (Wildman–Crippen LogP) is 3.11. The maximum absolute atomic E-state index is 5.91. The van der Waals surface area contributed by atoms with E-state index in [1.807, 2.05) is 24.3 Å². The van der Waals surface area contributed by atoms with Crippen molar-refractivity contribution in [2.24, 2.45) is 5.73 Å². The second kappa shape index (κ2) is 7.01. The first-order valence-corrected chi connectivity index (χ1v) is 7.04. The monoisotopic (exact) mass is 271 g/mol. The molecular formula is C16H21N3O. The highest BCUT2D eigenvalue weighted by Crippen LogP contribution is 2.18. The molecule has 1 heterocycles. The minimum atomic E-state index is 0.159. The smallest absolute Gasteiger partial charge is 0.321 e. The van der Waals surface area contributed by atoms with Gasteiger partial charge in [0.05, 0.1) is 0 Å². The summed E-state index contributed by atoms with van der Waals surface area (Å²) in [6.45, 7) is 4.20. The molecule has 1 atom stereocenters.